The zero-order chi connectivity index (χ0) is 18.0. The molecule has 0 atom stereocenters. The number of carbonyl (C=O) groups is 2. The molecule has 0 aliphatic rings. The lowest BCUT2D eigenvalue weighted by atomic mass is 10.2. The summed E-state index contributed by atoms with van der Waals surface area (Å²) in [5.74, 6) is -0.926. The van der Waals surface area contributed by atoms with Crippen molar-refractivity contribution in [2.45, 2.75) is 40.2 Å². The largest absolute Gasteiger partial charge is 0.478 e. The van der Waals surface area contributed by atoms with Gasteiger partial charge in [-0.2, -0.15) is 0 Å². The van der Waals surface area contributed by atoms with Crippen LogP contribution in [0.4, 0.5) is 0 Å². The second-order valence-corrected chi connectivity index (χ2v) is 6.57. The first-order chi connectivity index (χ1) is 11.3. The molecule has 2 rings (SSSR count). The Morgan fingerprint density at radius 2 is 1.96 bits per heavy atom. The maximum atomic E-state index is 12.9. The molecule has 2 aromatic rings. The number of carboxylic acids is 1. The molecule has 0 spiro atoms. The van der Waals surface area contributed by atoms with Crippen molar-refractivity contribution >= 4 is 33.4 Å². The lowest BCUT2D eigenvalue weighted by Crippen LogP contribution is -2.38. The van der Waals surface area contributed by atoms with Crippen molar-refractivity contribution < 1.29 is 14.7 Å². The lowest BCUT2D eigenvalue weighted by molar-refractivity contribution is -0.131. The number of nitrogens with zero attached hydrogens (tertiary/aromatic N) is 3. The van der Waals surface area contributed by atoms with E-state index in [1.165, 1.54) is 9.95 Å². The Morgan fingerprint density at radius 1 is 1.33 bits per heavy atom. The van der Waals surface area contributed by atoms with Crippen LogP contribution in [-0.2, 0) is 11.3 Å². The zero-order valence-electron chi connectivity index (χ0n) is 14.2. The number of aromatic nitrogens is 2. The predicted molar refractivity (Wildman–Crippen MR) is 92.9 cm³/mol. The molecule has 0 unspecified atom stereocenters. The summed E-state index contributed by atoms with van der Waals surface area (Å²) < 4.78 is 1.31. The molecule has 24 heavy (non-hydrogen) atoms. The average molecular weight is 351 g/mol. The van der Waals surface area contributed by atoms with Gasteiger partial charge in [0.05, 0.1) is 10.9 Å². The Hall–Kier alpha value is -2.22. The van der Waals surface area contributed by atoms with Crippen LogP contribution in [0.5, 0.6) is 0 Å². The smallest absolute Gasteiger partial charge is 0.337 e. The summed E-state index contributed by atoms with van der Waals surface area (Å²) in [7, 11) is 0. The van der Waals surface area contributed by atoms with Crippen molar-refractivity contribution in [2.24, 2.45) is 0 Å². The number of hydrogen-bond acceptors (Lipinski definition) is 5. The third kappa shape index (κ3) is 3.19. The summed E-state index contributed by atoms with van der Waals surface area (Å²) in [6.07, 6.45) is 0. The van der Waals surface area contributed by atoms with E-state index < -0.39 is 11.5 Å². The van der Waals surface area contributed by atoms with Gasteiger partial charge >= 0.3 is 5.97 Å². The highest BCUT2D eigenvalue weighted by Gasteiger charge is 2.22. The molecule has 0 aliphatic carbocycles. The van der Waals surface area contributed by atoms with Crippen LogP contribution < -0.4 is 5.56 Å². The van der Waals surface area contributed by atoms with Crippen LogP contribution in [0.25, 0.3) is 10.2 Å². The van der Waals surface area contributed by atoms with E-state index in [0.717, 1.165) is 11.3 Å². The van der Waals surface area contributed by atoms with Gasteiger partial charge in [0.1, 0.15) is 17.2 Å². The summed E-state index contributed by atoms with van der Waals surface area (Å²) in [4.78, 5) is 43.1. The second-order valence-electron chi connectivity index (χ2n) is 5.72. The topological polar surface area (TPSA) is 92.5 Å². The van der Waals surface area contributed by atoms with Gasteiger partial charge in [-0.3, -0.25) is 14.2 Å². The van der Waals surface area contributed by atoms with Crippen LogP contribution in [0.2, 0.25) is 0 Å². The molecular formula is C16H21N3O4S. The summed E-state index contributed by atoms with van der Waals surface area (Å²) in [5, 5.41) is 10.8. The number of aromatic carboxylic acids is 1. The second kappa shape index (κ2) is 7.12. The highest BCUT2D eigenvalue weighted by molar-refractivity contribution is 7.17. The molecule has 8 heteroatoms. The molecule has 2 aromatic heterocycles. The van der Waals surface area contributed by atoms with Gasteiger partial charge in [-0.25, -0.2) is 9.78 Å². The average Bonchev–Trinajstić information content (AvgIpc) is 2.95. The van der Waals surface area contributed by atoms with E-state index in [-0.39, 0.29) is 29.3 Å². The van der Waals surface area contributed by atoms with E-state index in [1.807, 2.05) is 27.7 Å². The number of carbonyl (C=O) groups excluding carboxylic acids is 1. The molecular weight excluding hydrogens is 330 g/mol. The Morgan fingerprint density at radius 3 is 2.46 bits per heavy atom. The molecule has 0 aromatic carbocycles. The first-order valence-corrected chi connectivity index (χ1v) is 8.72. The van der Waals surface area contributed by atoms with Crippen LogP contribution in [-0.4, -0.2) is 44.5 Å². The quantitative estimate of drug-likeness (QED) is 0.861. The van der Waals surface area contributed by atoms with E-state index in [0.29, 0.717) is 23.7 Å². The predicted octanol–water partition coefficient (Wildman–Crippen LogP) is 2.15. The summed E-state index contributed by atoms with van der Waals surface area (Å²) in [6, 6.07) is 0. The van der Waals surface area contributed by atoms with Gasteiger partial charge in [-0.05, 0) is 13.8 Å². The van der Waals surface area contributed by atoms with Crippen molar-refractivity contribution in [1.82, 2.24) is 14.5 Å². The van der Waals surface area contributed by atoms with E-state index >= 15 is 0 Å². The van der Waals surface area contributed by atoms with Crippen molar-refractivity contribution in [3.63, 3.8) is 0 Å². The van der Waals surface area contributed by atoms with Crippen LogP contribution >= 0.6 is 11.3 Å². The number of hydrogen-bond donors (Lipinski definition) is 1. The SMILES string of the molecule is CCN(CC)C(=O)Cn1c(C(C)C)nc2scc(C(=O)O)c2c1=O. The van der Waals surface area contributed by atoms with Gasteiger partial charge in [-0.15, -0.1) is 11.3 Å². The number of rotatable bonds is 6. The molecule has 130 valence electrons. The summed E-state index contributed by atoms with van der Waals surface area (Å²) in [6.45, 7) is 8.49. The summed E-state index contributed by atoms with van der Waals surface area (Å²) >= 11 is 1.13. The van der Waals surface area contributed by atoms with Gasteiger partial charge in [0.15, 0.2) is 0 Å². The highest BCUT2D eigenvalue weighted by Crippen LogP contribution is 2.23. The van der Waals surface area contributed by atoms with E-state index in [1.54, 1.807) is 4.90 Å². The van der Waals surface area contributed by atoms with Crippen LogP contribution in [0.15, 0.2) is 10.2 Å². The van der Waals surface area contributed by atoms with E-state index in [4.69, 9.17) is 0 Å². The highest BCUT2D eigenvalue weighted by atomic mass is 32.1. The number of thiophene rings is 1. The fraction of sp³-hybridized carbons (Fsp3) is 0.500. The fourth-order valence-corrected chi connectivity index (χ4v) is 3.51. The standard InChI is InChI=1S/C16H21N3O4S/c1-5-18(6-2)11(20)7-19-13(9(3)4)17-14-12(15(19)21)10(8-24-14)16(22)23/h8-9H,5-7H2,1-4H3,(H,22,23). The zero-order valence-corrected chi connectivity index (χ0v) is 15.0. The van der Waals surface area contributed by atoms with Crippen molar-refractivity contribution in [1.29, 1.82) is 0 Å². The molecule has 7 nitrogen and oxygen atoms in total. The van der Waals surface area contributed by atoms with Crippen molar-refractivity contribution in [3.05, 3.63) is 27.1 Å². The molecule has 0 radical (unpaired) electrons. The number of amides is 1. The fourth-order valence-electron chi connectivity index (χ4n) is 2.60. The van der Waals surface area contributed by atoms with Crippen molar-refractivity contribution in [3.8, 4) is 0 Å². The normalized spacial score (nSPS) is 11.2. The maximum absolute atomic E-state index is 12.9. The minimum atomic E-state index is -1.17. The lowest BCUT2D eigenvalue weighted by Gasteiger charge is -2.21. The summed E-state index contributed by atoms with van der Waals surface area (Å²) in [5.41, 5.74) is -0.533. The Balaban J connectivity index is 2.66. The molecule has 1 amide bonds. The third-order valence-electron chi connectivity index (χ3n) is 3.88. The monoisotopic (exact) mass is 351 g/mol. The molecule has 0 aliphatic heterocycles. The molecule has 2 heterocycles. The molecule has 0 saturated carbocycles. The van der Waals surface area contributed by atoms with E-state index in [9.17, 15) is 19.5 Å². The maximum Gasteiger partial charge on any atom is 0.337 e. The van der Waals surface area contributed by atoms with Crippen LogP contribution in [0, 0.1) is 0 Å². The number of carboxylic acid groups (broad SMARTS) is 1. The van der Waals surface area contributed by atoms with Crippen molar-refractivity contribution in [2.75, 3.05) is 13.1 Å². The number of likely N-dealkylation sites (N-methyl/N-ethyl adjacent to an activating group) is 1. The minimum Gasteiger partial charge on any atom is -0.478 e. The van der Waals surface area contributed by atoms with Gasteiger partial charge in [0.25, 0.3) is 5.56 Å². The first kappa shape index (κ1) is 18.1. The van der Waals surface area contributed by atoms with Gasteiger partial charge in [0, 0.05) is 24.4 Å². The minimum absolute atomic E-state index is 0.0631. The van der Waals surface area contributed by atoms with E-state index in [2.05, 4.69) is 4.98 Å². The van der Waals surface area contributed by atoms with Gasteiger partial charge in [0.2, 0.25) is 5.91 Å². The third-order valence-corrected chi connectivity index (χ3v) is 4.75. The Labute approximate surface area is 143 Å². The van der Waals surface area contributed by atoms with Gasteiger partial charge < -0.3 is 10.0 Å². The molecule has 1 N–H and O–H groups in total. The van der Waals surface area contributed by atoms with Crippen LogP contribution in [0.3, 0.4) is 0 Å². The first-order valence-electron chi connectivity index (χ1n) is 7.84. The van der Waals surface area contributed by atoms with Crippen LogP contribution in [0.1, 0.15) is 49.8 Å². The Kier molecular flexibility index (Phi) is 5.38. The van der Waals surface area contributed by atoms with Gasteiger partial charge in [-0.1, -0.05) is 13.8 Å². The molecule has 0 bridgehead atoms. The Bertz CT molecular complexity index is 834. The number of fused-ring (bicyclic) bond motifs is 1. The molecule has 0 fully saturated rings. The molecule has 0 saturated heterocycles.